The van der Waals surface area contributed by atoms with Crippen molar-refractivity contribution in [3.05, 3.63) is 55.1 Å². The second-order valence-corrected chi connectivity index (χ2v) is 6.07. The highest BCUT2D eigenvalue weighted by atomic mass is 16.1. The number of carbonyl (C=O) groups excluding carboxylic acids is 1. The number of nitrogen functional groups attached to an aromatic ring is 1. The van der Waals surface area contributed by atoms with Crippen LogP contribution in [0, 0.1) is 5.92 Å². The van der Waals surface area contributed by atoms with Crippen molar-refractivity contribution in [2.75, 3.05) is 25.4 Å². The minimum atomic E-state index is 0.0255. The van der Waals surface area contributed by atoms with Crippen LogP contribution in [0.4, 0.5) is 5.69 Å². The van der Waals surface area contributed by atoms with Crippen LogP contribution in [0.2, 0.25) is 0 Å². The highest BCUT2D eigenvalue weighted by Gasteiger charge is 2.20. The van der Waals surface area contributed by atoms with Crippen LogP contribution in [0.5, 0.6) is 0 Å². The minimum Gasteiger partial charge on any atom is -0.399 e. The van der Waals surface area contributed by atoms with Gasteiger partial charge in [0.25, 0.3) is 0 Å². The van der Waals surface area contributed by atoms with E-state index in [4.69, 9.17) is 5.73 Å². The Bertz CT molecular complexity index is 498. The first kappa shape index (κ1) is 19.0. The van der Waals surface area contributed by atoms with E-state index in [1.165, 1.54) is 0 Å². The molecular formula is C19H29N3O. The molecule has 0 aliphatic carbocycles. The lowest BCUT2D eigenvalue weighted by Crippen LogP contribution is -2.47. The van der Waals surface area contributed by atoms with E-state index in [9.17, 15) is 4.79 Å². The summed E-state index contributed by atoms with van der Waals surface area (Å²) in [4.78, 5) is 14.4. The summed E-state index contributed by atoms with van der Waals surface area (Å²) in [5.74, 6) is 0.448. The summed E-state index contributed by atoms with van der Waals surface area (Å²) in [6.07, 6.45) is 4.14. The Labute approximate surface area is 140 Å². The summed E-state index contributed by atoms with van der Waals surface area (Å²) in [6.45, 7) is 14.1. The van der Waals surface area contributed by atoms with Crippen molar-refractivity contribution in [3.63, 3.8) is 0 Å². The smallest absolute Gasteiger partial charge is 0.224 e. The number of carbonyl (C=O) groups is 1. The number of rotatable bonds is 10. The maximum absolute atomic E-state index is 12.2. The van der Waals surface area contributed by atoms with Crippen molar-refractivity contribution >= 4 is 11.6 Å². The third-order valence-corrected chi connectivity index (χ3v) is 3.82. The first-order chi connectivity index (χ1) is 11.0. The van der Waals surface area contributed by atoms with E-state index in [0.717, 1.165) is 18.7 Å². The van der Waals surface area contributed by atoms with Gasteiger partial charge in [-0.05, 0) is 23.6 Å². The van der Waals surface area contributed by atoms with E-state index in [-0.39, 0.29) is 11.9 Å². The van der Waals surface area contributed by atoms with Crippen LogP contribution in [0.25, 0.3) is 0 Å². The van der Waals surface area contributed by atoms with Crippen LogP contribution in [-0.4, -0.2) is 36.5 Å². The molecule has 1 amide bonds. The topological polar surface area (TPSA) is 58.4 Å². The highest BCUT2D eigenvalue weighted by Crippen LogP contribution is 2.11. The molecule has 0 heterocycles. The van der Waals surface area contributed by atoms with E-state index >= 15 is 0 Å². The van der Waals surface area contributed by atoms with Gasteiger partial charge in [0.2, 0.25) is 5.91 Å². The van der Waals surface area contributed by atoms with E-state index < -0.39 is 0 Å². The van der Waals surface area contributed by atoms with Gasteiger partial charge < -0.3 is 11.1 Å². The van der Waals surface area contributed by atoms with Crippen LogP contribution in [-0.2, 0) is 11.2 Å². The van der Waals surface area contributed by atoms with Gasteiger partial charge >= 0.3 is 0 Å². The maximum atomic E-state index is 12.2. The number of hydrogen-bond donors (Lipinski definition) is 2. The van der Waals surface area contributed by atoms with Crippen molar-refractivity contribution in [3.8, 4) is 0 Å². The summed E-state index contributed by atoms with van der Waals surface area (Å²) in [5.41, 5.74) is 7.33. The average Bonchev–Trinajstić information content (AvgIpc) is 2.50. The number of anilines is 1. The average molecular weight is 315 g/mol. The summed E-state index contributed by atoms with van der Waals surface area (Å²) in [6, 6.07) is 7.65. The first-order valence-corrected chi connectivity index (χ1v) is 8.04. The van der Waals surface area contributed by atoms with Gasteiger partial charge in [0.15, 0.2) is 0 Å². The molecule has 4 nitrogen and oxygen atoms in total. The standard InChI is InChI=1S/C19H29N3O/c1-5-11-22(12-6-2)18(15(3)4)14-21-19(23)13-16-7-9-17(20)10-8-16/h5-10,15,18H,1-2,11-14,20H2,3-4H3,(H,21,23). The van der Waals surface area contributed by atoms with Gasteiger partial charge in [-0.1, -0.05) is 38.1 Å². The molecule has 4 heteroatoms. The Kier molecular flexibility index (Phi) is 8.13. The molecule has 126 valence electrons. The number of hydrogen-bond acceptors (Lipinski definition) is 3. The Morgan fingerprint density at radius 1 is 1.22 bits per heavy atom. The normalized spacial score (nSPS) is 12.2. The van der Waals surface area contributed by atoms with E-state index in [2.05, 4.69) is 37.2 Å². The molecule has 0 fully saturated rings. The summed E-state index contributed by atoms with van der Waals surface area (Å²) >= 11 is 0. The summed E-state index contributed by atoms with van der Waals surface area (Å²) in [5, 5.41) is 3.04. The second-order valence-electron chi connectivity index (χ2n) is 6.07. The van der Waals surface area contributed by atoms with Crippen LogP contribution in [0.1, 0.15) is 19.4 Å². The van der Waals surface area contributed by atoms with Gasteiger partial charge in [0, 0.05) is 31.4 Å². The zero-order valence-corrected chi connectivity index (χ0v) is 14.3. The summed E-state index contributed by atoms with van der Waals surface area (Å²) in [7, 11) is 0. The van der Waals surface area contributed by atoms with Gasteiger partial charge in [0.1, 0.15) is 0 Å². The fourth-order valence-corrected chi connectivity index (χ4v) is 2.57. The van der Waals surface area contributed by atoms with Crippen molar-refractivity contribution in [1.82, 2.24) is 10.2 Å². The summed E-state index contributed by atoms with van der Waals surface area (Å²) < 4.78 is 0. The maximum Gasteiger partial charge on any atom is 0.224 e. The van der Waals surface area contributed by atoms with Gasteiger partial charge in [-0.3, -0.25) is 9.69 Å². The van der Waals surface area contributed by atoms with Crippen LogP contribution < -0.4 is 11.1 Å². The molecule has 3 N–H and O–H groups in total. The second kappa shape index (κ2) is 9.85. The number of nitrogens with two attached hydrogens (primary N) is 1. The molecule has 0 saturated carbocycles. The van der Waals surface area contributed by atoms with Gasteiger partial charge in [-0.25, -0.2) is 0 Å². The number of benzene rings is 1. The molecule has 0 bridgehead atoms. The lowest BCUT2D eigenvalue weighted by atomic mass is 10.0. The number of amides is 1. The molecule has 0 radical (unpaired) electrons. The number of nitrogens with zero attached hydrogens (tertiary/aromatic N) is 1. The Hall–Kier alpha value is -2.07. The molecule has 0 aromatic heterocycles. The Balaban J connectivity index is 2.59. The molecular weight excluding hydrogens is 286 g/mol. The number of nitrogens with one attached hydrogen (secondary N) is 1. The van der Waals surface area contributed by atoms with Crippen LogP contribution >= 0.6 is 0 Å². The van der Waals surface area contributed by atoms with Gasteiger partial charge in [-0.15, -0.1) is 13.2 Å². The van der Waals surface area contributed by atoms with Crippen molar-refractivity contribution in [1.29, 1.82) is 0 Å². The van der Waals surface area contributed by atoms with Gasteiger partial charge in [0.05, 0.1) is 6.42 Å². The minimum absolute atomic E-state index is 0.0255. The third kappa shape index (κ3) is 6.70. The monoisotopic (exact) mass is 315 g/mol. The molecule has 0 saturated heterocycles. The van der Waals surface area contributed by atoms with Gasteiger partial charge in [-0.2, -0.15) is 0 Å². The Morgan fingerprint density at radius 3 is 2.26 bits per heavy atom. The van der Waals surface area contributed by atoms with Crippen LogP contribution in [0.15, 0.2) is 49.6 Å². The van der Waals surface area contributed by atoms with Crippen molar-refractivity contribution in [2.45, 2.75) is 26.3 Å². The zero-order valence-electron chi connectivity index (χ0n) is 14.3. The molecule has 1 unspecified atom stereocenters. The predicted octanol–water partition coefficient (Wildman–Crippen LogP) is 2.63. The molecule has 1 rings (SSSR count). The molecule has 23 heavy (non-hydrogen) atoms. The zero-order chi connectivity index (χ0) is 17.2. The largest absolute Gasteiger partial charge is 0.399 e. The van der Waals surface area contributed by atoms with Crippen molar-refractivity contribution in [2.24, 2.45) is 5.92 Å². The fourth-order valence-electron chi connectivity index (χ4n) is 2.57. The fraction of sp³-hybridized carbons (Fsp3) is 0.421. The Morgan fingerprint density at radius 2 is 1.78 bits per heavy atom. The lowest BCUT2D eigenvalue weighted by molar-refractivity contribution is -0.120. The van der Waals surface area contributed by atoms with Crippen LogP contribution in [0.3, 0.4) is 0 Å². The molecule has 1 atom stereocenters. The van der Waals surface area contributed by atoms with E-state index in [1.807, 2.05) is 36.4 Å². The van der Waals surface area contributed by atoms with Crippen molar-refractivity contribution < 1.29 is 4.79 Å². The first-order valence-electron chi connectivity index (χ1n) is 8.04. The SMILES string of the molecule is C=CCN(CC=C)C(CNC(=O)Cc1ccc(N)cc1)C(C)C. The molecule has 0 aliphatic rings. The van der Waals surface area contributed by atoms with E-state index in [1.54, 1.807) is 0 Å². The third-order valence-electron chi connectivity index (χ3n) is 3.82. The van der Waals surface area contributed by atoms with E-state index in [0.29, 0.717) is 24.6 Å². The molecule has 1 aromatic carbocycles. The quantitative estimate of drug-likeness (QED) is 0.515. The molecule has 0 spiro atoms. The highest BCUT2D eigenvalue weighted by molar-refractivity contribution is 5.78. The molecule has 0 aliphatic heterocycles. The molecule has 1 aromatic rings. The predicted molar refractivity (Wildman–Crippen MR) is 98.2 cm³/mol. The lowest BCUT2D eigenvalue weighted by Gasteiger charge is -2.33.